The Morgan fingerprint density at radius 3 is 1.16 bits per heavy atom. The Morgan fingerprint density at radius 1 is 0.516 bits per heavy atom. The molecule has 160 valence electrons. The number of hydrogen-bond acceptors (Lipinski definition) is 0. The van der Waals surface area contributed by atoms with Crippen LogP contribution in [-0.2, 0) is 5.41 Å². The summed E-state index contributed by atoms with van der Waals surface area (Å²) >= 11 is 0. The molecule has 0 saturated heterocycles. The van der Waals surface area contributed by atoms with E-state index in [0.29, 0.717) is 0 Å². The number of H-pyrrole nitrogens is 2. The fourth-order valence-corrected chi connectivity index (χ4v) is 5.17. The zero-order valence-corrected chi connectivity index (χ0v) is 20.1. The number of aromatic nitrogens is 2. The lowest BCUT2D eigenvalue weighted by Gasteiger charge is -2.23. The Kier molecular flexibility index (Phi) is 5.21. The average Bonchev–Trinajstić information content (AvgIpc) is 3.30. The van der Waals surface area contributed by atoms with Crippen LogP contribution < -0.4 is 0 Å². The molecule has 0 bridgehead atoms. The van der Waals surface area contributed by atoms with Gasteiger partial charge in [-0.25, -0.2) is 0 Å². The van der Waals surface area contributed by atoms with Crippen molar-refractivity contribution in [3.63, 3.8) is 0 Å². The van der Waals surface area contributed by atoms with E-state index >= 15 is 0 Å². The summed E-state index contributed by atoms with van der Waals surface area (Å²) in [6.45, 7) is 17.7. The molecule has 0 aliphatic carbocycles. The van der Waals surface area contributed by atoms with E-state index in [1.54, 1.807) is 0 Å². The van der Waals surface area contributed by atoms with Crippen molar-refractivity contribution in [3.8, 4) is 22.5 Å². The lowest BCUT2D eigenvalue weighted by atomic mass is 9.86. The van der Waals surface area contributed by atoms with Crippen molar-refractivity contribution < 1.29 is 0 Å². The first-order valence-electron chi connectivity index (χ1n) is 11.1. The van der Waals surface area contributed by atoms with Crippen LogP contribution in [-0.4, -0.2) is 9.97 Å². The number of rotatable bonds is 4. The van der Waals surface area contributed by atoms with Crippen molar-refractivity contribution in [2.45, 2.75) is 60.8 Å². The lowest BCUT2D eigenvalue weighted by molar-refractivity contribution is 0.604. The smallest absolute Gasteiger partial charge is 0.0461 e. The maximum Gasteiger partial charge on any atom is 0.0461 e. The Labute approximate surface area is 186 Å². The number of aromatic amines is 2. The van der Waals surface area contributed by atoms with E-state index in [0.717, 1.165) is 0 Å². The molecule has 2 heteroatoms. The summed E-state index contributed by atoms with van der Waals surface area (Å²) in [5.74, 6) is 0. The van der Waals surface area contributed by atoms with Gasteiger partial charge in [0.15, 0.2) is 0 Å². The number of nitrogens with one attached hydrogen (secondary N) is 2. The summed E-state index contributed by atoms with van der Waals surface area (Å²) in [6, 6.07) is 18.0. The quantitative estimate of drug-likeness (QED) is 0.343. The molecule has 0 amide bonds. The van der Waals surface area contributed by atoms with Gasteiger partial charge in [-0.05, 0) is 102 Å². The molecule has 0 spiro atoms. The molecule has 2 nitrogen and oxygen atoms in total. The summed E-state index contributed by atoms with van der Waals surface area (Å²) in [5, 5.41) is 0. The fourth-order valence-electron chi connectivity index (χ4n) is 5.17. The molecule has 0 radical (unpaired) electrons. The van der Waals surface area contributed by atoms with E-state index in [9.17, 15) is 0 Å². The van der Waals surface area contributed by atoms with E-state index in [2.05, 4.69) is 114 Å². The van der Waals surface area contributed by atoms with Crippen LogP contribution in [0.2, 0.25) is 0 Å². The molecule has 31 heavy (non-hydrogen) atoms. The number of hydrogen-bond donors (Lipinski definition) is 2. The summed E-state index contributed by atoms with van der Waals surface area (Å²) < 4.78 is 0. The van der Waals surface area contributed by atoms with Gasteiger partial charge in [-0.3, -0.25) is 0 Å². The third kappa shape index (κ3) is 3.76. The highest BCUT2D eigenvalue weighted by atomic mass is 14.8. The van der Waals surface area contributed by atoms with Gasteiger partial charge in [0.25, 0.3) is 0 Å². The standard InChI is InChI=1S/C29H34N2/c1-17-13-19(3)27(20(4)14-17)23-9-11-25(30-23)29(7,8)26-12-10-24(31-26)28-21(5)15-18(2)16-22(28)6/h9-16,30-31H,1-8H3. The molecule has 2 heterocycles. The van der Waals surface area contributed by atoms with Crippen LogP contribution >= 0.6 is 0 Å². The molecule has 2 aromatic carbocycles. The second kappa shape index (κ2) is 7.60. The Balaban J connectivity index is 1.72. The number of benzene rings is 2. The van der Waals surface area contributed by atoms with Crippen molar-refractivity contribution in [1.29, 1.82) is 0 Å². The maximum atomic E-state index is 3.73. The van der Waals surface area contributed by atoms with Crippen LogP contribution in [0.5, 0.6) is 0 Å². The SMILES string of the molecule is Cc1cc(C)c(-c2ccc(C(C)(C)c3ccc(-c4c(C)cc(C)cc4C)[nH]3)[nH]2)c(C)c1. The molecule has 2 aromatic heterocycles. The highest BCUT2D eigenvalue weighted by Gasteiger charge is 2.27. The molecule has 4 aromatic rings. The molecule has 4 rings (SSSR count). The van der Waals surface area contributed by atoms with Gasteiger partial charge in [-0.1, -0.05) is 35.4 Å². The molecule has 0 aliphatic rings. The van der Waals surface area contributed by atoms with Gasteiger partial charge in [-0.15, -0.1) is 0 Å². The Hall–Kier alpha value is -3.00. The summed E-state index contributed by atoms with van der Waals surface area (Å²) in [6.07, 6.45) is 0. The Bertz CT molecular complexity index is 1120. The maximum absolute atomic E-state index is 3.73. The van der Waals surface area contributed by atoms with Crippen molar-refractivity contribution in [2.24, 2.45) is 0 Å². The van der Waals surface area contributed by atoms with Crippen LogP contribution in [0.15, 0.2) is 48.5 Å². The third-order valence-corrected chi connectivity index (χ3v) is 6.61. The largest absolute Gasteiger partial charge is 0.358 e. The zero-order chi connectivity index (χ0) is 22.5. The predicted molar refractivity (Wildman–Crippen MR) is 133 cm³/mol. The van der Waals surface area contributed by atoms with Crippen LogP contribution in [0.25, 0.3) is 22.5 Å². The van der Waals surface area contributed by atoms with Gasteiger partial charge in [0.05, 0.1) is 0 Å². The van der Waals surface area contributed by atoms with E-state index in [1.807, 2.05) is 0 Å². The van der Waals surface area contributed by atoms with Crippen molar-refractivity contribution >= 4 is 0 Å². The van der Waals surface area contributed by atoms with Crippen LogP contribution in [0.4, 0.5) is 0 Å². The van der Waals surface area contributed by atoms with Gasteiger partial charge in [-0.2, -0.15) is 0 Å². The van der Waals surface area contributed by atoms with Gasteiger partial charge >= 0.3 is 0 Å². The topological polar surface area (TPSA) is 31.6 Å². The molecular weight excluding hydrogens is 376 g/mol. The van der Waals surface area contributed by atoms with Crippen LogP contribution in [0.3, 0.4) is 0 Å². The minimum absolute atomic E-state index is 0.157. The van der Waals surface area contributed by atoms with Crippen molar-refractivity contribution in [1.82, 2.24) is 9.97 Å². The lowest BCUT2D eigenvalue weighted by Crippen LogP contribution is -2.20. The molecule has 0 atom stereocenters. The molecular formula is C29H34N2. The number of aryl methyl sites for hydroxylation is 6. The van der Waals surface area contributed by atoms with Gasteiger partial charge in [0.1, 0.15) is 0 Å². The minimum atomic E-state index is -0.157. The van der Waals surface area contributed by atoms with Crippen molar-refractivity contribution in [3.05, 3.63) is 93.3 Å². The van der Waals surface area contributed by atoms with Crippen molar-refractivity contribution in [2.75, 3.05) is 0 Å². The first-order chi connectivity index (χ1) is 14.6. The van der Waals surface area contributed by atoms with E-state index in [4.69, 9.17) is 0 Å². The second-order valence-corrected chi connectivity index (χ2v) is 9.74. The fraction of sp³-hybridized carbons (Fsp3) is 0.310. The molecule has 0 unspecified atom stereocenters. The molecule has 2 N–H and O–H groups in total. The van der Waals surface area contributed by atoms with E-state index < -0.39 is 0 Å². The zero-order valence-electron chi connectivity index (χ0n) is 20.1. The first-order valence-corrected chi connectivity index (χ1v) is 11.1. The van der Waals surface area contributed by atoms with Crippen LogP contribution in [0.1, 0.15) is 58.6 Å². The predicted octanol–water partition coefficient (Wildman–Crippen LogP) is 7.85. The monoisotopic (exact) mass is 410 g/mol. The van der Waals surface area contributed by atoms with E-state index in [1.165, 1.54) is 67.3 Å². The summed E-state index contributed by atoms with van der Waals surface area (Å²) in [5.41, 5.74) is 15.2. The molecule has 0 saturated carbocycles. The Morgan fingerprint density at radius 2 is 0.839 bits per heavy atom. The first kappa shape index (κ1) is 21.2. The van der Waals surface area contributed by atoms with E-state index in [-0.39, 0.29) is 5.41 Å². The molecule has 0 aliphatic heterocycles. The van der Waals surface area contributed by atoms with Gasteiger partial charge < -0.3 is 9.97 Å². The highest BCUT2D eigenvalue weighted by Crippen LogP contribution is 2.36. The normalized spacial score (nSPS) is 11.9. The average molecular weight is 411 g/mol. The van der Waals surface area contributed by atoms with Crippen LogP contribution in [0, 0.1) is 41.5 Å². The minimum Gasteiger partial charge on any atom is -0.358 e. The third-order valence-electron chi connectivity index (χ3n) is 6.61. The highest BCUT2D eigenvalue weighted by molar-refractivity contribution is 5.70. The summed E-state index contributed by atoms with van der Waals surface area (Å²) in [7, 11) is 0. The second-order valence-electron chi connectivity index (χ2n) is 9.74. The molecule has 0 fully saturated rings. The van der Waals surface area contributed by atoms with Gasteiger partial charge in [0.2, 0.25) is 0 Å². The van der Waals surface area contributed by atoms with Gasteiger partial charge in [0, 0.05) is 39.3 Å². The summed E-state index contributed by atoms with van der Waals surface area (Å²) in [4.78, 5) is 7.46.